The molecule has 0 fully saturated rings. The van der Waals surface area contributed by atoms with Crippen LogP contribution in [0.5, 0.6) is 5.75 Å². The SMILES string of the molecule is CCn1nc(C)cc1C(=O)Nc1nc2cc(C(N)=O)cc(OC)c2n1CCCNC(=O)OCc1nccn1C(F)F. The van der Waals surface area contributed by atoms with E-state index in [1.54, 1.807) is 22.2 Å². The summed E-state index contributed by atoms with van der Waals surface area (Å²) in [4.78, 5) is 45.4. The Hall–Kier alpha value is -5.02. The predicted molar refractivity (Wildman–Crippen MR) is 142 cm³/mol. The van der Waals surface area contributed by atoms with Crippen LogP contribution in [0.1, 0.15) is 52.3 Å². The van der Waals surface area contributed by atoms with E-state index in [1.165, 1.54) is 25.4 Å². The minimum atomic E-state index is -2.80. The van der Waals surface area contributed by atoms with E-state index in [4.69, 9.17) is 15.2 Å². The molecule has 0 radical (unpaired) electrons. The average molecular weight is 574 g/mol. The molecule has 3 amide bonds. The van der Waals surface area contributed by atoms with Crippen molar-refractivity contribution in [2.45, 2.75) is 46.5 Å². The van der Waals surface area contributed by atoms with Gasteiger partial charge in [0.2, 0.25) is 11.9 Å². The summed E-state index contributed by atoms with van der Waals surface area (Å²) >= 11 is 0. The first-order chi connectivity index (χ1) is 19.6. The van der Waals surface area contributed by atoms with Crippen LogP contribution < -0.4 is 21.1 Å². The number of aryl methyl sites for hydroxylation is 3. The lowest BCUT2D eigenvalue weighted by Crippen LogP contribution is -2.26. The number of alkyl halides is 2. The fourth-order valence-corrected chi connectivity index (χ4v) is 4.22. The Balaban J connectivity index is 1.51. The maximum Gasteiger partial charge on any atom is 0.407 e. The minimum absolute atomic E-state index is 0.0950. The molecular weight excluding hydrogens is 544 g/mol. The van der Waals surface area contributed by atoms with E-state index >= 15 is 0 Å². The highest BCUT2D eigenvalue weighted by Crippen LogP contribution is 2.31. The molecule has 0 aliphatic rings. The molecule has 3 heterocycles. The first-order valence-electron chi connectivity index (χ1n) is 12.6. The number of aromatic nitrogens is 6. The van der Waals surface area contributed by atoms with Gasteiger partial charge >= 0.3 is 12.6 Å². The molecule has 4 aromatic rings. The van der Waals surface area contributed by atoms with E-state index in [-0.39, 0.29) is 30.4 Å². The van der Waals surface area contributed by atoms with Gasteiger partial charge in [-0.1, -0.05) is 0 Å². The number of primary amides is 1. The predicted octanol–water partition coefficient (Wildman–Crippen LogP) is 2.83. The second-order valence-corrected chi connectivity index (χ2v) is 8.82. The van der Waals surface area contributed by atoms with Crippen LogP contribution in [0.4, 0.5) is 19.5 Å². The van der Waals surface area contributed by atoms with Gasteiger partial charge in [0.1, 0.15) is 17.0 Å². The molecule has 1 aromatic carbocycles. The van der Waals surface area contributed by atoms with Gasteiger partial charge in [-0.25, -0.2) is 14.8 Å². The van der Waals surface area contributed by atoms with Crippen molar-refractivity contribution >= 4 is 34.9 Å². The van der Waals surface area contributed by atoms with Crippen LogP contribution in [0.3, 0.4) is 0 Å². The van der Waals surface area contributed by atoms with Crippen molar-refractivity contribution in [1.82, 2.24) is 34.2 Å². The normalized spacial score (nSPS) is 11.2. The number of carbonyl (C=O) groups excluding carboxylic acids is 3. The summed E-state index contributed by atoms with van der Waals surface area (Å²) in [6.07, 6.45) is 1.81. The first-order valence-corrected chi connectivity index (χ1v) is 12.6. The van der Waals surface area contributed by atoms with E-state index in [0.29, 0.717) is 45.7 Å². The Kier molecular flexibility index (Phi) is 8.79. The number of amides is 3. The number of rotatable bonds is 12. The molecule has 0 aliphatic carbocycles. The molecule has 41 heavy (non-hydrogen) atoms. The molecule has 218 valence electrons. The van der Waals surface area contributed by atoms with Crippen LogP contribution >= 0.6 is 0 Å². The third kappa shape index (κ3) is 6.42. The first kappa shape index (κ1) is 29.0. The largest absolute Gasteiger partial charge is 0.494 e. The molecule has 0 saturated carbocycles. The Bertz CT molecular complexity index is 1580. The summed E-state index contributed by atoms with van der Waals surface area (Å²) in [5.74, 6) is -0.732. The Morgan fingerprint density at radius 3 is 2.66 bits per heavy atom. The molecule has 0 aliphatic heterocycles. The van der Waals surface area contributed by atoms with Gasteiger partial charge in [0.25, 0.3) is 5.91 Å². The van der Waals surface area contributed by atoms with Crippen LogP contribution in [-0.2, 0) is 24.4 Å². The third-order valence-corrected chi connectivity index (χ3v) is 6.09. The van der Waals surface area contributed by atoms with Crippen molar-refractivity contribution in [3.8, 4) is 5.75 Å². The number of halogens is 2. The zero-order valence-electron chi connectivity index (χ0n) is 22.6. The standard InChI is InChI=1S/C25H29F2N9O5/c1-4-36-17(10-14(2)33-36)22(38)32-24-31-16-11-15(21(28)37)12-18(40-3)20(16)35(24)8-5-6-30-25(39)41-13-19-29-7-9-34(19)23(26)27/h7,9-12,23H,4-6,8,13H2,1-3H3,(H2,28,37)(H,30,39)(H,31,32,38). The van der Waals surface area contributed by atoms with Gasteiger partial charge in [-0.3, -0.25) is 24.2 Å². The monoisotopic (exact) mass is 573 g/mol. The van der Waals surface area contributed by atoms with Crippen molar-refractivity contribution in [2.75, 3.05) is 19.0 Å². The van der Waals surface area contributed by atoms with Crippen LogP contribution in [0, 0.1) is 6.92 Å². The minimum Gasteiger partial charge on any atom is -0.494 e. The van der Waals surface area contributed by atoms with Gasteiger partial charge in [0, 0.05) is 37.6 Å². The smallest absolute Gasteiger partial charge is 0.407 e. The third-order valence-electron chi connectivity index (χ3n) is 6.09. The number of nitrogens with zero attached hydrogens (tertiary/aromatic N) is 6. The average Bonchev–Trinajstić information content (AvgIpc) is 3.65. The number of hydrogen-bond donors (Lipinski definition) is 3. The molecule has 0 atom stereocenters. The molecular formula is C25H29F2N9O5. The lowest BCUT2D eigenvalue weighted by atomic mass is 10.1. The molecule has 0 spiro atoms. The molecule has 3 aromatic heterocycles. The van der Waals surface area contributed by atoms with Gasteiger partial charge in [-0.05, 0) is 38.5 Å². The number of nitrogens with one attached hydrogen (secondary N) is 2. The highest BCUT2D eigenvalue weighted by molar-refractivity contribution is 6.04. The van der Waals surface area contributed by atoms with Crippen molar-refractivity contribution in [1.29, 1.82) is 0 Å². The second kappa shape index (κ2) is 12.4. The molecule has 4 rings (SSSR count). The van der Waals surface area contributed by atoms with Crippen LogP contribution in [0.25, 0.3) is 11.0 Å². The number of imidazole rings is 2. The Morgan fingerprint density at radius 2 is 1.98 bits per heavy atom. The zero-order chi connectivity index (χ0) is 29.7. The number of alkyl carbamates (subject to hydrolysis) is 1. The van der Waals surface area contributed by atoms with Gasteiger partial charge in [-0.15, -0.1) is 0 Å². The Morgan fingerprint density at radius 1 is 1.20 bits per heavy atom. The van der Waals surface area contributed by atoms with Gasteiger partial charge in [-0.2, -0.15) is 13.9 Å². The van der Waals surface area contributed by atoms with Gasteiger partial charge < -0.3 is 25.1 Å². The van der Waals surface area contributed by atoms with Crippen molar-refractivity contribution in [3.63, 3.8) is 0 Å². The maximum absolute atomic E-state index is 13.2. The number of benzene rings is 1. The van der Waals surface area contributed by atoms with Crippen molar-refractivity contribution in [2.24, 2.45) is 5.73 Å². The second-order valence-electron chi connectivity index (χ2n) is 8.82. The van der Waals surface area contributed by atoms with Crippen LogP contribution in [0.15, 0.2) is 30.6 Å². The topological polar surface area (TPSA) is 173 Å². The number of fused-ring (bicyclic) bond motifs is 1. The van der Waals surface area contributed by atoms with E-state index in [1.807, 2.05) is 6.92 Å². The summed E-state index contributed by atoms with van der Waals surface area (Å²) in [6.45, 7) is 1.27. The summed E-state index contributed by atoms with van der Waals surface area (Å²) < 4.78 is 40.2. The van der Waals surface area contributed by atoms with Crippen LogP contribution in [0.2, 0.25) is 0 Å². The van der Waals surface area contributed by atoms with Crippen LogP contribution in [-0.4, -0.2) is 60.4 Å². The number of methoxy groups -OCH3 is 1. The Labute approximate surface area is 232 Å². The van der Waals surface area contributed by atoms with Crippen molar-refractivity contribution in [3.05, 3.63) is 53.4 Å². The maximum atomic E-state index is 13.2. The summed E-state index contributed by atoms with van der Waals surface area (Å²) in [5.41, 5.74) is 7.51. The highest BCUT2D eigenvalue weighted by Gasteiger charge is 2.21. The lowest BCUT2D eigenvalue weighted by molar-refractivity contribution is 0.0594. The summed E-state index contributed by atoms with van der Waals surface area (Å²) in [5, 5.41) is 9.65. The fraction of sp³-hybridized carbons (Fsp3) is 0.360. The summed E-state index contributed by atoms with van der Waals surface area (Å²) in [7, 11) is 1.43. The molecule has 14 nitrogen and oxygen atoms in total. The number of carbonyl (C=O) groups is 3. The quantitative estimate of drug-likeness (QED) is 0.217. The van der Waals surface area contributed by atoms with E-state index in [9.17, 15) is 23.2 Å². The van der Waals surface area contributed by atoms with Gasteiger partial charge in [0.05, 0.1) is 18.3 Å². The number of anilines is 1. The molecule has 0 unspecified atom stereocenters. The number of nitrogens with two attached hydrogens (primary N) is 1. The highest BCUT2D eigenvalue weighted by atomic mass is 19.3. The van der Waals surface area contributed by atoms with Gasteiger partial charge in [0.15, 0.2) is 12.4 Å². The molecule has 16 heteroatoms. The number of hydrogen-bond acceptors (Lipinski definition) is 8. The molecule has 4 N–H and O–H groups in total. The van der Waals surface area contributed by atoms with E-state index in [2.05, 4.69) is 25.7 Å². The fourth-order valence-electron chi connectivity index (χ4n) is 4.22. The van der Waals surface area contributed by atoms with E-state index in [0.717, 1.165) is 6.20 Å². The number of ether oxygens (including phenoxy) is 2. The molecule has 0 saturated heterocycles. The lowest BCUT2D eigenvalue weighted by Gasteiger charge is -2.13. The van der Waals surface area contributed by atoms with Crippen molar-refractivity contribution < 1.29 is 32.6 Å². The molecule has 0 bridgehead atoms. The zero-order valence-corrected chi connectivity index (χ0v) is 22.6. The van der Waals surface area contributed by atoms with E-state index < -0.39 is 31.1 Å². The summed E-state index contributed by atoms with van der Waals surface area (Å²) in [6, 6.07) is 4.62.